The standard InChI is InChI=1S/C17H13FN2O.ClH/c18-14-3-1-2-11(9-14)12-4-5-15-13(8-12)10-16(21-15)17-19-6-7-20-17;/h1-5,8-10H,6-7H2,(H,19,20);1H. The summed E-state index contributed by atoms with van der Waals surface area (Å²) in [5, 5.41) is 4.18. The molecule has 2 aromatic carbocycles. The third-order valence-corrected chi connectivity index (χ3v) is 3.58. The van der Waals surface area contributed by atoms with Gasteiger partial charge in [0, 0.05) is 11.9 Å². The minimum Gasteiger partial charge on any atom is -0.453 e. The van der Waals surface area contributed by atoms with Gasteiger partial charge in [-0.3, -0.25) is 4.99 Å². The lowest BCUT2D eigenvalue weighted by Crippen LogP contribution is -2.18. The molecule has 1 aromatic heterocycles. The molecule has 0 atom stereocenters. The first kappa shape index (κ1) is 14.6. The van der Waals surface area contributed by atoms with E-state index in [1.807, 2.05) is 30.3 Å². The van der Waals surface area contributed by atoms with Crippen molar-refractivity contribution in [3.63, 3.8) is 0 Å². The largest absolute Gasteiger partial charge is 0.453 e. The van der Waals surface area contributed by atoms with Crippen LogP contribution in [-0.4, -0.2) is 18.9 Å². The summed E-state index contributed by atoms with van der Waals surface area (Å²) in [4.78, 5) is 4.36. The lowest BCUT2D eigenvalue weighted by atomic mass is 10.0. The smallest absolute Gasteiger partial charge is 0.170 e. The van der Waals surface area contributed by atoms with E-state index in [-0.39, 0.29) is 18.2 Å². The number of rotatable bonds is 2. The average Bonchev–Trinajstić information content (AvgIpc) is 3.15. The minimum absolute atomic E-state index is 0. The molecule has 5 heteroatoms. The molecule has 0 unspecified atom stereocenters. The maximum atomic E-state index is 13.3. The van der Waals surface area contributed by atoms with E-state index in [2.05, 4.69) is 10.3 Å². The third-order valence-electron chi connectivity index (χ3n) is 3.58. The number of fused-ring (bicyclic) bond motifs is 1. The van der Waals surface area contributed by atoms with Crippen LogP contribution in [0.1, 0.15) is 5.76 Å². The second-order valence-corrected chi connectivity index (χ2v) is 5.03. The van der Waals surface area contributed by atoms with Crippen molar-refractivity contribution >= 4 is 29.2 Å². The predicted octanol–water partition coefficient (Wildman–Crippen LogP) is 4.01. The van der Waals surface area contributed by atoms with Gasteiger partial charge in [0.05, 0.1) is 6.54 Å². The van der Waals surface area contributed by atoms with Gasteiger partial charge in [-0.1, -0.05) is 18.2 Å². The highest BCUT2D eigenvalue weighted by Gasteiger charge is 2.13. The lowest BCUT2D eigenvalue weighted by Gasteiger charge is -2.01. The van der Waals surface area contributed by atoms with Crippen molar-refractivity contribution in [1.82, 2.24) is 5.32 Å². The fraction of sp³-hybridized carbons (Fsp3) is 0.118. The molecule has 0 radical (unpaired) electrons. The van der Waals surface area contributed by atoms with E-state index >= 15 is 0 Å². The van der Waals surface area contributed by atoms with Crippen LogP contribution in [0.2, 0.25) is 0 Å². The summed E-state index contributed by atoms with van der Waals surface area (Å²) in [7, 11) is 0. The molecule has 3 aromatic rings. The summed E-state index contributed by atoms with van der Waals surface area (Å²) < 4.78 is 19.1. The van der Waals surface area contributed by atoms with Crippen molar-refractivity contribution in [1.29, 1.82) is 0 Å². The molecule has 3 nitrogen and oxygen atoms in total. The SMILES string of the molecule is Cl.Fc1cccc(-c2ccc3oc(C4=NCCN4)cc3c2)c1. The Hall–Kier alpha value is -2.33. The van der Waals surface area contributed by atoms with E-state index in [4.69, 9.17) is 4.42 Å². The van der Waals surface area contributed by atoms with Crippen LogP contribution in [-0.2, 0) is 0 Å². The second kappa shape index (κ2) is 5.81. The molecular formula is C17H14ClFN2O. The zero-order valence-corrected chi connectivity index (χ0v) is 12.5. The zero-order valence-electron chi connectivity index (χ0n) is 11.7. The molecule has 0 aliphatic carbocycles. The Balaban J connectivity index is 0.00000144. The molecule has 4 rings (SSSR count). The first-order valence-corrected chi connectivity index (χ1v) is 6.88. The molecule has 0 saturated heterocycles. The Kier molecular flexibility index (Phi) is 3.86. The normalized spacial score (nSPS) is 13.6. The van der Waals surface area contributed by atoms with Crippen LogP contribution in [0.3, 0.4) is 0 Å². The van der Waals surface area contributed by atoms with Crippen molar-refractivity contribution < 1.29 is 8.81 Å². The van der Waals surface area contributed by atoms with Gasteiger partial charge in [0.2, 0.25) is 0 Å². The van der Waals surface area contributed by atoms with E-state index in [1.54, 1.807) is 6.07 Å². The number of nitrogens with zero attached hydrogens (tertiary/aromatic N) is 1. The van der Waals surface area contributed by atoms with E-state index in [9.17, 15) is 4.39 Å². The van der Waals surface area contributed by atoms with Crippen molar-refractivity contribution in [2.45, 2.75) is 0 Å². The fourth-order valence-electron chi connectivity index (χ4n) is 2.57. The van der Waals surface area contributed by atoms with Gasteiger partial charge in [-0.05, 0) is 41.5 Å². The Labute approximate surface area is 133 Å². The Morgan fingerprint density at radius 1 is 1.05 bits per heavy atom. The van der Waals surface area contributed by atoms with Crippen LogP contribution in [0.4, 0.5) is 4.39 Å². The topological polar surface area (TPSA) is 37.5 Å². The molecule has 0 fully saturated rings. The number of amidine groups is 1. The van der Waals surface area contributed by atoms with Crippen molar-refractivity contribution in [2.75, 3.05) is 13.1 Å². The number of aliphatic imine (C=N–C) groups is 1. The van der Waals surface area contributed by atoms with Gasteiger partial charge in [-0.2, -0.15) is 0 Å². The molecular weight excluding hydrogens is 303 g/mol. The molecule has 1 N–H and O–H groups in total. The Bertz CT molecular complexity index is 857. The van der Waals surface area contributed by atoms with Crippen LogP contribution >= 0.6 is 12.4 Å². The number of hydrogen-bond acceptors (Lipinski definition) is 3. The fourth-order valence-corrected chi connectivity index (χ4v) is 2.57. The zero-order chi connectivity index (χ0) is 14.2. The summed E-state index contributed by atoms with van der Waals surface area (Å²) in [5.41, 5.74) is 2.63. The number of furan rings is 1. The number of halogens is 2. The van der Waals surface area contributed by atoms with Gasteiger partial charge in [0.15, 0.2) is 11.6 Å². The Morgan fingerprint density at radius 3 is 2.68 bits per heavy atom. The van der Waals surface area contributed by atoms with Crippen LogP contribution in [0.15, 0.2) is 57.9 Å². The summed E-state index contributed by atoms with van der Waals surface area (Å²) in [5.74, 6) is 1.32. The van der Waals surface area contributed by atoms with Crippen LogP contribution < -0.4 is 5.32 Å². The maximum absolute atomic E-state index is 13.3. The van der Waals surface area contributed by atoms with Gasteiger partial charge >= 0.3 is 0 Å². The highest BCUT2D eigenvalue weighted by Crippen LogP contribution is 2.27. The summed E-state index contributed by atoms with van der Waals surface area (Å²) in [6.07, 6.45) is 0. The average molecular weight is 317 g/mol. The molecule has 0 spiro atoms. The maximum Gasteiger partial charge on any atom is 0.170 e. The monoisotopic (exact) mass is 316 g/mol. The minimum atomic E-state index is -0.231. The first-order valence-electron chi connectivity index (χ1n) is 6.88. The number of hydrogen-bond donors (Lipinski definition) is 1. The molecule has 22 heavy (non-hydrogen) atoms. The third kappa shape index (κ3) is 2.57. The molecule has 0 bridgehead atoms. The first-order chi connectivity index (χ1) is 10.3. The molecule has 0 amide bonds. The van der Waals surface area contributed by atoms with Gasteiger partial charge in [-0.25, -0.2) is 4.39 Å². The van der Waals surface area contributed by atoms with E-state index < -0.39 is 0 Å². The van der Waals surface area contributed by atoms with Crippen molar-refractivity contribution in [3.05, 3.63) is 60.1 Å². The van der Waals surface area contributed by atoms with Gasteiger partial charge < -0.3 is 9.73 Å². The van der Waals surface area contributed by atoms with E-state index in [1.165, 1.54) is 12.1 Å². The lowest BCUT2D eigenvalue weighted by molar-refractivity contribution is 0.602. The summed E-state index contributed by atoms with van der Waals surface area (Å²) >= 11 is 0. The highest BCUT2D eigenvalue weighted by molar-refractivity contribution is 6.01. The summed E-state index contributed by atoms with van der Waals surface area (Å²) in [6.45, 7) is 1.63. The second-order valence-electron chi connectivity index (χ2n) is 5.03. The molecule has 1 aliphatic heterocycles. The van der Waals surface area contributed by atoms with Crippen LogP contribution in [0.5, 0.6) is 0 Å². The van der Waals surface area contributed by atoms with E-state index in [0.717, 1.165) is 46.8 Å². The number of benzene rings is 2. The number of nitrogens with one attached hydrogen (secondary N) is 1. The van der Waals surface area contributed by atoms with Crippen molar-refractivity contribution in [3.8, 4) is 11.1 Å². The highest BCUT2D eigenvalue weighted by atomic mass is 35.5. The van der Waals surface area contributed by atoms with Gasteiger partial charge in [0.25, 0.3) is 0 Å². The Morgan fingerprint density at radius 2 is 1.91 bits per heavy atom. The predicted molar refractivity (Wildman–Crippen MR) is 88.3 cm³/mol. The summed E-state index contributed by atoms with van der Waals surface area (Å²) in [6, 6.07) is 14.4. The molecule has 2 heterocycles. The molecule has 112 valence electrons. The van der Waals surface area contributed by atoms with Crippen LogP contribution in [0, 0.1) is 5.82 Å². The van der Waals surface area contributed by atoms with E-state index in [0.29, 0.717) is 0 Å². The van der Waals surface area contributed by atoms with Gasteiger partial charge in [-0.15, -0.1) is 12.4 Å². The molecule has 0 saturated carbocycles. The van der Waals surface area contributed by atoms with Crippen molar-refractivity contribution in [2.24, 2.45) is 4.99 Å². The molecule has 1 aliphatic rings. The van der Waals surface area contributed by atoms with Gasteiger partial charge in [0.1, 0.15) is 11.4 Å². The quantitative estimate of drug-likeness (QED) is 0.775. The van der Waals surface area contributed by atoms with Crippen LogP contribution in [0.25, 0.3) is 22.1 Å².